The van der Waals surface area contributed by atoms with Crippen molar-refractivity contribution in [3.8, 4) is 5.75 Å². The number of hydrogen-bond acceptors (Lipinski definition) is 5. The number of para-hydroxylation sites is 1. The first-order chi connectivity index (χ1) is 13.5. The maximum absolute atomic E-state index is 11.7. The first-order valence-electron chi connectivity index (χ1n) is 9.70. The van der Waals surface area contributed by atoms with Crippen molar-refractivity contribution in [2.24, 2.45) is 0 Å². The quantitative estimate of drug-likeness (QED) is 0.292. The molecule has 0 aliphatic rings. The van der Waals surface area contributed by atoms with Crippen molar-refractivity contribution in [2.45, 2.75) is 58.2 Å². The number of esters is 1. The minimum Gasteiger partial charge on any atom is -0.421 e. The maximum Gasteiger partial charge on any atom is 0.385 e. The van der Waals surface area contributed by atoms with Crippen molar-refractivity contribution in [3.63, 3.8) is 0 Å². The molecule has 0 bridgehead atoms. The lowest BCUT2D eigenvalue weighted by molar-refractivity contribution is -0.129. The van der Waals surface area contributed by atoms with Crippen LogP contribution >= 0.6 is 0 Å². The number of carbonyl (C=O) groups is 2. The molecule has 0 heterocycles. The molecule has 28 heavy (non-hydrogen) atoms. The highest BCUT2D eigenvalue weighted by Gasteiger charge is 2.18. The predicted octanol–water partition coefficient (Wildman–Crippen LogP) is 4.17. The second-order valence-corrected chi connectivity index (χ2v) is 6.52. The minimum atomic E-state index is -0.873. The van der Waals surface area contributed by atoms with Crippen molar-refractivity contribution < 1.29 is 24.5 Å². The summed E-state index contributed by atoms with van der Waals surface area (Å²) >= 11 is 0. The molecule has 2 unspecified atom stereocenters. The fourth-order valence-electron chi connectivity index (χ4n) is 2.57. The molecule has 0 spiro atoms. The summed E-state index contributed by atoms with van der Waals surface area (Å²) in [6, 6.07) is 16.8. The number of ether oxygens (including phenoxy) is 1. The van der Waals surface area contributed by atoms with Crippen LogP contribution in [-0.4, -0.2) is 34.2 Å². The van der Waals surface area contributed by atoms with Crippen LogP contribution < -0.4 is 4.74 Å². The molecule has 0 fully saturated rings. The van der Waals surface area contributed by atoms with Crippen LogP contribution in [-0.2, 0) is 4.79 Å². The van der Waals surface area contributed by atoms with Crippen LogP contribution in [0.5, 0.6) is 5.75 Å². The molecule has 0 saturated carbocycles. The van der Waals surface area contributed by atoms with Gasteiger partial charge in [-0.3, -0.25) is 4.79 Å². The molecule has 0 aliphatic carbocycles. The molecule has 2 N–H and O–H groups in total. The Kier molecular flexibility index (Phi) is 11.5. The highest BCUT2D eigenvalue weighted by molar-refractivity contribution is 6.41. The zero-order valence-corrected chi connectivity index (χ0v) is 16.6. The maximum atomic E-state index is 11.7. The summed E-state index contributed by atoms with van der Waals surface area (Å²) in [5.74, 6) is -1.15. The topological polar surface area (TPSA) is 83.8 Å². The van der Waals surface area contributed by atoms with E-state index in [2.05, 4.69) is 0 Å². The normalized spacial score (nSPS) is 12.3. The number of ketones is 1. The summed E-state index contributed by atoms with van der Waals surface area (Å²) in [6.45, 7) is 4.07. The molecule has 2 rings (SSSR count). The number of Topliss-reactive ketones (excluding diaryl/α,β-unsaturated/α-hetero) is 1. The lowest BCUT2D eigenvalue weighted by Gasteiger charge is -2.13. The molecule has 0 aromatic heterocycles. The number of aliphatic hydroxyl groups is 2. The van der Waals surface area contributed by atoms with E-state index in [1.54, 1.807) is 60.7 Å². The van der Waals surface area contributed by atoms with Crippen molar-refractivity contribution in [3.05, 3.63) is 66.2 Å². The standard InChI is InChI=1S/C14H10O3.C9H20O2/c15-13(11-7-3-1-4-8-11)14(16)17-12-9-5-2-6-10-12;1-3-5-8(10)7-9(11)6-4-2/h1-10H;8-11H,3-7H2,1-2H3. The fraction of sp³-hybridized carbons (Fsp3) is 0.391. The summed E-state index contributed by atoms with van der Waals surface area (Å²) in [6.07, 6.45) is 3.52. The smallest absolute Gasteiger partial charge is 0.385 e. The van der Waals surface area contributed by atoms with Crippen molar-refractivity contribution in [1.29, 1.82) is 0 Å². The second-order valence-electron chi connectivity index (χ2n) is 6.52. The average molecular weight is 386 g/mol. The van der Waals surface area contributed by atoms with Gasteiger partial charge in [-0.05, 0) is 31.4 Å². The third-order valence-electron chi connectivity index (χ3n) is 3.96. The summed E-state index contributed by atoms with van der Waals surface area (Å²) in [7, 11) is 0. The monoisotopic (exact) mass is 386 g/mol. The Hall–Kier alpha value is -2.50. The van der Waals surface area contributed by atoms with Crippen LogP contribution in [0.1, 0.15) is 56.3 Å². The van der Waals surface area contributed by atoms with Gasteiger partial charge in [-0.1, -0.05) is 75.2 Å². The van der Waals surface area contributed by atoms with Crippen molar-refractivity contribution in [2.75, 3.05) is 0 Å². The van der Waals surface area contributed by atoms with E-state index in [1.165, 1.54) is 0 Å². The highest BCUT2D eigenvalue weighted by atomic mass is 16.5. The highest BCUT2D eigenvalue weighted by Crippen LogP contribution is 2.10. The summed E-state index contributed by atoms with van der Waals surface area (Å²) in [4.78, 5) is 23.2. The van der Waals surface area contributed by atoms with Crippen LogP contribution in [0, 0.1) is 0 Å². The molecule has 0 radical (unpaired) electrons. The Morgan fingerprint density at radius 3 is 1.75 bits per heavy atom. The molecule has 5 heteroatoms. The third-order valence-corrected chi connectivity index (χ3v) is 3.96. The summed E-state index contributed by atoms with van der Waals surface area (Å²) in [5.41, 5.74) is 0.327. The van der Waals surface area contributed by atoms with Crippen LogP contribution in [0.15, 0.2) is 60.7 Å². The molecule has 0 aliphatic heterocycles. The predicted molar refractivity (Wildman–Crippen MR) is 109 cm³/mol. The van der Waals surface area contributed by atoms with E-state index in [9.17, 15) is 19.8 Å². The average Bonchev–Trinajstić information content (AvgIpc) is 2.69. The zero-order valence-electron chi connectivity index (χ0n) is 16.6. The van der Waals surface area contributed by atoms with Gasteiger partial charge in [0.25, 0.3) is 5.78 Å². The van der Waals surface area contributed by atoms with Crippen LogP contribution in [0.25, 0.3) is 0 Å². The number of hydrogen-bond donors (Lipinski definition) is 2. The molecular weight excluding hydrogens is 356 g/mol. The zero-order chi connectivity index (χ0) is 20.8. The van der Waals surface area contributed by atoms with Gasteiger partial charge in [0.05, 0.1) is 12.2 Å². The van der Waals surface area contributed by atoms with E-state index in [4.69, 9.17) is 4.74 Å². The number of carbonyl (C=O) groups excluding carboxylic acids is 2. The van der Waals surface area contributed by atoms with Crippen LogP contribution in [0.4, 0.5) is 0 Å². The minimum absolute atomic E-state index is 0.304. The number of benzene rings is 2. The first-order valence-corrected chi connectivity index (χ1v) is 9.70. The van der Waals surface area contributed by atoms with E-state index < -0.39 is 11.8 Å². The first kappa shape index (κ1) is 23.5. The van der Waals surface area contributed by atoms with Gasteiger partial charge >= 0.3 is 5.97 Å². The lowest BCUT2D eigenvalue weighted by atomic mass is 10.0. The second kappa shape index (κ2) is 13.6. The van der Waals surface area contributed by atoms with Gasteiger partial charge in [-0.2, -0.15) is 0 Å². The van der Waals surface area contributed by atoms with Gasteiger partial charge in [0, 0.05) is 5.56 Å². The van der Waals surface area contributed by atoms with Crippen LogP contribution in [0.2, 0.25) is 0 Å². The van der Waals surface area contributed by atoms with Gasteiger partial charge in [-0.25, -0.2) is 4.79 Å². The summed E-state index contributed by atoms with van der Waals surface area (Å²) in [5, 5.41) is 18.6. The Bertz CT molecular complexity index is 675. The largest absolute Gasteiger partial charge is 0.421 e. The lowest BCUT2D eigenvalue weighted by Crippen LogP contribution is -2.20. The van der Waals surface area contributed by atoms with E-state index in [-0.39, 0.29) is 12.2 Å². The number of rotatable bonds is 9. The van der Waals surface area contributed by atoms with Gasteiger partial charge in [-0.15, -0.1) is 0 Å². The van der Waals surface area contributed by atoms with Gasteiger partial charge in [0.2, 0.25) is 0 Å². The van der Waals surface area contributed by atoms with Crippen molar-refractivity contribution >= 4 is 11.8 Å². The molecule has 0 amide bonds. The van der Waals surface area contributed by atoms with E-state index in [1.807, 2.05) is 13.8 Å². The molecule has 2 atom stereocenters. The van der Waals surface area contributed by atoms with Crippen molar-refractivity contribution in [1.82, 2.24) is 0 Å². The molecular formula is C23H30O5. The molecule has 2 aromatic rings. The molecule has 2 aromatic carbocycles. The van der Waals surface area contributed by atoms with E-state index in [0.29, 0.717) is 17.7 Å². The van der Waals surface area contributed by atoms with Gasteiger partial charge in [0.1, 0.15) is 5.75 Å². The Morgan fingerprint density at radius 2 is 1.29 bits per heavy atom. The molecule has 152 valence electrons. The fourth-order valence-corrected chi connectivity index (χ4v) is 2.57. The summed E-state index contributed by atoms with van der Waals surface area (Å²) < 4.78 is 4.94. The Labute approximate surface area is 167 Å². The van der Waals surface area contributed by atoms with Gasteiger partial charge in [0.15, 0.2) is 0 Å². The van der Waals surface area contributed by atoms with Gasteiger partial charge < -0.3 is 14.9 Å². The molecule has 5 nitrogen and oxygen atoms in total. The van der Waals surface area contributed by atoms with E-state index in [0.717, 1.165) is 25.7 Å². The Balaban J connectivity index is 0.000000311. The Morgan fingerprint density at radius 1 is 0.821 bits per heavy atom. The third kappa shape index (κ3) is 9.44. The number of aliphatic hydroxyl groups excluding tert-OH is 2. The van der Waals surface area contributed by atoms with Crippen LogP contribution in [0.3, 0.4) is 0 Å². The van der Waals surface area contributed by atoms with E-state index >= 15 is 0 Å². The molecule has 0 saturated heterocycles. The SMILES string of the molecule is CCCC(O)CC(O)CCC.O=C(Oc1ccccc1)C(=O)c1ccccc1.